The fraction of sp³-hybridized carbons (Fsp3) is 0.375. The molecule has 0 radical (unpaired) electrons. The third kappa shape index (κ3) is 4.49. The van der Waals surface area contributed by atoms with E-state index in [2.05, 4.69) is 22.3 Å². The number of carbonyl (C=O) groups excluding carboxylic acids is 1. The van der Waals surface area contributed by atoms with Crippen LogP contribution in [-0.4, -0.2) is 44.7 Å². The Balaban J connectivity index is 1.62. The highest BCUT2D eigenvalue weighted by atomic mass is 19.1. The first-order valence-corrected chi connectivity index (χ1v) is 10.8. The molecule has 3 heterocycles. The lowest BCUT2D eigenvalue weighted by atomic mass is 9.89. The number of piperidine rings is 1. The lowest BCUT2D eigenvalue weighted by molar-refractivity contribution is 0.0540. The van der Waals surface area contributed by atoms with E-state index in [4.69, 9.17) is 0 Å². The zero-order valence-electron chi connectivity index (χ0n) is 18.5. The van der Waals surface area contributed by atoms with Gasteiger partial charge in [-0.3, -0.25) is 9.48 Å². The largest absolute Gasteiger partial charge is 0.366 e. The Morgan fingerprint density at radius 2 is 2.06 bits per heavy atom. The number of benzene rings is 1. The van der Waals surface area contributed by atoms with Crippen molar-refractivity contribution >= 4 is 11.7 Å². The Bertz CT molecular complexity index is 1130. The van der Waals surface area contributed by atoms with Crippen LogP contribution in [0.25, 0.3) is 11.1 Å². The lowest BCUT2D eigenvalue weighted by Crippen LogP contribution is -2.51. The van der Waals surface area contributed by atoms with Crippen molar-refractivity contribution in [1.29, 1.82) is 0 Å². The molecule has 1 aliphatic rings. The minimum Gasteiger partial charge on any atom is -0.366 e. The Hall–Kier alpha value is -3.29. The van der Waals surface area contributed by atoms with Crippen LogP contribution in [-0.2, 0) is 7.05 Å². The maximum Gasteiger partial charge on any atom is 0.254 e. The summed E-state index contributed by atoms with van der Waals surface area (Å²) in [7, 11) is 1.84. The van der Waals surface area contributed by atoms with E-state index in [0.29, 0.717) is 18.7 Å². The van der Waals surface area contributed by atoms with Crippen LogP contribution in [0.15, 0.2) is 42.9 Å². The van der Waals surface area contributed by atoms with Crippen molar-refractivity contribution in [2.45, 2.75) is 32.7 Å². The van der Waals surface area contributed by atoms with Crippen molar-refractivity contribution in [3.8, 4) is 11.1 Å². The molecular formula is C24H27F2N5O. The van der Waals surface area contributed by atoms with E-state index >= 15 is 0 Å². The van der Waals surface area contributed by atoms with Gasteiger partial charge in [0.15, 0.2) is 11.6 Å². The predicted molar refractivity (Wildman–Crippen MR) is 119 cm³/mol. The van der Waals surface area contributed by atoms with Gasteiger partial charge in [-0.05, 0) is 37.3 Å². The molecule has 6 nitrogen and oxygen atoms in total. The standard InChI is InChI=1S/C24H27F2N5O/c1-15-6-7-19(17-11-29-30(3)14-17)20(9-15)24(32)31-8-4-5-16(2)22(31)13-28-23-21(26)10-18(25)12-27-23/h6-7,9-12,14,16,22H,4-5,8,13H2,1-3H3,(H,27,28). The number of amides is 1. The van der Waals surface area contributed by atoms with Gasteiger partial charge in [0.05, 0.1) is 18.4 Å². The number of carbonyl (C=O) groups is 1. The molecule has 0 saturated carbocycles. The molecular weight excluding hydrogens is 412 g/mol. The molecule has 1 aliphatic heterocycles. The molecule has 32 heavy (non-hydrogen) atoms. The van der Waals surface area contributed by atoms with Gasteiger partial charge < -0.3 is 10.2 Å². The fourth-order valence-corrected chi connectivity index (χ4v) is 4.36. The number of aromatic nitrogens is 3. The van der Waals surface area contributed by atoms with Crippen molar-refractivity contribution in [3.63, 3.8) is 0 Å². The maximum atomic E-state index is 14.1. The molecule has 0 spiro atoms. The highest BCUT2D eigenvalue weighted by Gasteiger charge is 2.33. The third-order valence-electron chi connectivity index (χ3n) is 6.08. The van der Waals surface area contributed by atoms with Crippen LogP contribution in [0.3, 0.4) is 0 Å². The van der Waals surface area contributed by atoms with Gasteiger partial charge >= 0.3 is 0 Å². The number of likely N-dealkylation sites (tertiary alicyclic amines) is 1. The minimum atomic E-state index is -0.746. The van der Waals surface area contributed by atoms with E-state index in [-0.39, 0.29) is 23.7 Å². The van der Waals surface area contributed by atoms with E-state index < -0.39 is 11.6 Å². The van der Waals surface area contributed by atoms with Crippen LogP contribution in [0.5, 0.6) is 0 Å². The van der Waals surface area contributed by atoms with Crippen molar-refractivity contribution in [1.82, 2.24) is 19.7 Å². The van der Waals surface area contributed by atoms with Gasteiger partial charge in [0.1, 0.15) is 5.82 Å². The molecule has 3 aromatic rings. The SMILES string of the molecule is Cc1ccc(-c2cnn(C)c2)c(C(=O)N2CCCC(C)C2CNc2ncc(F)cc2F)c1. The number of rotatable bonds is 5. The third-order valence-corrected chi connectivity index (χ3v) is 6.08. The number of hydrogen-bond acceptors (Lipinski definition) is 4. The Morgan fingerprint density at radius 3 is 2.78 bits per heavy atom. The molecule has 0 bridgehead atoms. The monoisotopic (exact) mass is 439 g/mol. The van der Waals surface area contributed by atoms with E-state index in [1.165, 1.54) is 0 Å². The number of pyridine rings is 1. The van der Waals surface area contributed by atoms with Crippen molar-refractivity contribution < 1.29 is 13.6 Å². The average molecular weight is 440 g/mol. The van der Waals surface area contributed by atoms with Gasteiger partial charge in [-0.1, -0.05) is 24.6 Å². The van der Waals surface area contributed by atoms with E-state index in [0.717, 1.165) is 41.8 Å². The molecule has 1 amide bonds. The zero-order valence-corrected chi connectivity index (χ0v) is 18.5. The number of aryl methyl sites for hydroxylation is 2. The summed E-state index contributed by atoms with van der Waals surface area (Å²) >= 11 is 0. The van der Waals surface area contributed by atoms with Gasteiger partial charge in [-0.25, -0.2) is 13.8 Å². The zero-order chi connectivity index (χ0) is 22.8. The lowest BCUT2D eigenvalue weighted by Gasteiger charge is -2.40. The van der Waals surface area contributed by atoms with Gasteiger partial charge in [-0.2, -0.15) is 5.10 Å². The number of anilines is 1. The fourth-order valence-electron chi connectivity index (χ4n) is 4.36. The summed E-state index contributed by atoms with van der Waals surface area (Å²) in [6, 6.07) is 6.51. The Kier molecular flexibility index (Phi) is 6.21. The van der Waals surface area contributed by atoms with Crippen LogP contribution < -0.4 is 5.32 Å². The van der Waals surface area contributed by atoms with Crippen molar-refractivity contribution in [2.75, 3.05) is 18.4 Å². The summed E-state index contributed by atoms with van der Waals surface area (Å²) in [5.41, 5.74) is 3.35. The normalized spacial score (nSPS) is 18.6. The first kappa shape index (κ1) is 21.9. The summed E-state index contributed by atoms with van der Waals surface area (Å²) in [6.07, 6.45) is 6.50. The van der Waals surface area contributed by atoms with Crippen LogP contribution in [0, 0.1) is 24.5 Å². The van der Waals surface area contributed by atoms with Gasteiger partial charge in [-0.15, -0.1) is 0 Å². The molecule has 0 aliphatic carbocycles. The molecule has 1 fully saturated rings. The second kappa shape index (κ2) is 9.06. The molecule has 1 N–H and O–H groups in total. The summed E-state index contributed by atoms with van der Waals surface area (Å²) < 4.78 is 29.0. The molecule has 2 unspecified atom stereocenters. The molecule has 1 saturated heterocycles. The topological polar surface area (TPSA) is 63.1 Å². The second-order valence-corrected chi connectivity index (χ2v) is 8.50. The quantitative estimate of drug-likeness (QED) is 0.639. The maximum absolute atomic E-state index is 14.1. The number of nitrogens with zero attached hydrogens (tertiary/aromatic N) is 4. The first-order valence-electron chi connectivity index (χ1n) is 10.8. The van der Waals surface area contributed by atoms with Crippen LogP contribution in [0.4, 0.5) is 14.6 Å². The van der Waals surface area contributed by atoms with Crippen molar-refractivity contribution in [2.24, 2.45) is 13.0 Å². The number of hydrogen-bond donors (Lipinski definition) is 1. The van der Waals surface area contributed by atoms with Crippen LogP contribution in [0.2, 0.25) is 0 Å². The molecule has 168 valence electrons. The van der Waals surface area contributed by atoms with Crippen molar-refractivity contribution in [3.05, 3.63) is 65.6 Å². The average Bonchev–Trinajstić information content (AvgIpc) is 3.19. The summed E-state index contributed by atoms with van der Waals surface area (Å²) in [5, 5.41) is 7.22. The smallest absolute Gasteiger partial charge is 0.254 e. The van der Waals surface area contributed by atoms with Gasteiger partial charge in [0.2, 0.25) is 0 Å². The van der Waals surface area contributed by atoms with Gasteiger partial charge in [0.25, 0.3) is 5.91 Å². The second-order valence-electron chi connectivity index (χ2n) is 8.50. The van der Waals surface area contributed by atoms with E-state index in [1.807, 2.05) is 43.3 Å². The molecule has 1 aromatic carbocycles. The highest BCUT2D eigenvalue weighted by molar-refractivity contribution is 6.01. The molecule has 2 atom stereocenters. The Labute approximate surface area is 186 Å². The molecule has 8 heteroatoms. The first-order chi connectivity index (χ1) is 15.3. The van der Waals surface area contributed by atoms with Crippen LogP contribution >= 0.6 is 0 Å². The summed E-state index contributed by atoms with van der Waals surface area (Å²) in [4.78, 5) is 19.4. The molecule has 4 rings (SSSR count). The number of nitrogens with one attached hydrogen (secondary N) is 1. The molecule has 2 aromatic heterocycles. The summed E-state index contributed by atoms with van der Waals surface area (Å²) in [5.74, 6) is -1.32. The van der Waals surface area contributed by atoms with Gasteiger partial charge in [0, 0.05) is 43.5 Å². The minimum absolute atomic E-state index is 0.0109. The van der Waals surface area contributed by atoms with E-state index in [1.54, 1.807) is 10.9 Å². The van der Waals surface area contributed by atoms with E-state index in [9.17, 15) is 13.6 Å². The predicted octanol–water partition coefficient (Wildman–Crippen LogP) is 4.42. The Morgan fingerprint density at radius 1 is 1.25 bits per heavy atom. The summed E-state index contributed by atoms with van der Waals surface area (Å²) in [6.45, 7) is 5.01. The van der Waals surface area contributed by atoms with Crippen LogP contribution in [0.1, 0.15) is 35.7 Å². The highest BCUT2D eigenvalue weighted by Crippen LogP contribution is 2.30. The number of halogens is 2.